The number of nitrogens with zero attached hydrogens (tertiary/aromatic N) is 1. The Morgan fingerprint density at radius 3 is 2.52 bits per heavy atom. The average molecular weight is 408 g/mol. The van der Waals surface area contributed by atoms with E-state index >= 15 is 0 Å². The molecule has 3 amide bonds. The molecule has 0 atom stereocenters. The minimum atomic E-state index is -0.227. The maximum Gasteiger partial charge on any atom is 0.255 e. The number of amides is 3. The van der Waals surface area contributed by atoms with E-state index < -0.39 is 0 Å². The topological polar surface area (TPSA) is 100 Å². The van der Waals surface area contributed by atoms with Gasteiger partial charge in [-0.1, -0.05) is 12.1 Å². The second kappa shape index (κ2) is 10.1. The standard InChI is InChI=1S/C21H20N4O3S/c26-19(6-10-23-20(27)17-7-11-29-14-17)24-13-15-2-1-3-18(12-15)25-21(28)16-4-8-22-9-5-16/h1-5,7-9,11-12,14H,6,10,13H2,(H,23,27)(H,24,26)(H,25,28). The lowest BCUT2D eigenvalue weighted by molar-refractivity contribution is -0.121. The van der Waals surface area contributed by atoms with Gasteiger partial charge in [0.05, 0.1) is 0 Å². The van der Waals surface area contributed by atoms with E-state index in [-0.39, 0.29) is 30.7 Å². The van der Waals surface area contributed by atoms with Crippen LogP contribution in [0.15, 0.2) is 65.6 Å². The number of carbonyl (C=O) groups is 3. The van der Waals surface area contributed by atoms with Crippen molar-refractivity contribution in [3.8, 4) is 0 Å². The van der Waals surface area contributed by atoms with E-state index in [0.29, 0.717) is 23.4 Å². The van der Waals surface area contributed by atoms with E-state index in [4.69, 9.17) is 0 Å². The molecular weight excluding hydrogens is 388 g/mol. The Labute approximate surface area is 172 Å². The van der Waals surface area contributed by atoms with Crippen molar-refractivity contribution in [2.24, 2.45) is 0 Å². The van der Waals surface area contributed by atoms with Crippen LogP contribution in [0.5, 0.6) is 0 Å². The predicted molar refractivity (Wildman–Crippen MR) is 112 cm³/mol. The number of nitrogens with one attached hydrogen (secondary N) is 3. The Bertz CT molecular complexity index is 975. The van der Waals surface area contributed by atoms with Crippen LogP contribution in [-0.2, 0) is 11.3 Å². The fourth-order valence-electron chi connectivity index (χ4n) is 2.54. The fraction of sp³-hybridized carbons (Fsp3) is 0.143. The van der Waals surface area contributed by atoms with Gasteiger partial charge in [0.25, 0.3) is 11.8 Å². The van der Waals surface area contributed by atoms with Gasteiger partial charge in [-0.2, -0.15) is 11.3 Å². The second-order valence-corrected chi connectivity index (χ2v) is 6.97. The predicted octanol–water partition coefficient (Wildman–Crippen LogP) is 2.83. The van der Waals surface area contributed by atoms with E-state index in [1.807, 2.05) is 17.5 Å². The van der Waals surface area contributed by atoms with E-state index in [1.165, 1.54) is 11.3 Å². The fourth-order valence-corrected chi connectivity index (χ4v) is 3.18. The first-order chi connectivity index (χ1) is 14.1. The molecule has 148 valence electrons. The highest BCUT2D eigenvalue weighted by molar-refractivity contribution is 7.08. The van der Waals surface area contributed by atoms with Gasteiger partial charge in [-0.25, -0.2) is 0 Å². The monoisotopic (exact) mass is 408 g/mol. The maximum atomic E-state index is 12.2. The highest BCUT2D eigenvalue weighted by atomic mass is 32.1. The number of hydrogen-bond donors (Lipinski definition) is 3. The van der Waals surface area contributed by atoms with Crippen molar-refractivity contribution >= 4 is 34.7 Å². The Balaban J connectivity index is 1.43. The molecule has 7 nitrogen and oxygen atoms in total. The largest absolute Gasteiger partial charge is 0.352 e. The molecule has 0 saturated heterocycles. The zero-order valence-corrected chi connectivity index (χ0v) is 16.4. The van der Waals surface area contributed by atoms with Crippen molar-refractivity contribution in [3.05, 3.63) is 82.3 Å². The molecule has 0 fully saturated rings. The molecule has 2 aromatic heterocycles. The molecule has 8 heteroatoms. The molecule has 0 radical (unpaired) electrons. The molecule has 2 heterocycles. The zero-order valence-electron chi connectivity index (χ0n) is 15.6. The SMILES string of the molecule is O=C(CCNC(=O)c1ccsc1)NCc1cccc(NC(=O)c2ccncc2)c1. The molecule has 0 aliphatic carbocycles. The van der Waals surface area contributed by atoms with Crippen LogP contribution in [0, 0.1) is 0 Å². The van der Waals surface area contributed by atoms with Gasteiger partial charge < -0.3 is 16.0 Å². The molecule has 3 aromatic rings. The minimum absolute atomic E-state index is 0.165. The Morgan fingerprint density at radius 1 is 0.931 bits per heavy atom. The van der Waals surface area contributed by atoms with Crippen molar-refractivity contribution in [2.45, 2.75) is 13.0 Å². The van der Waals surface area contributed by atoms with Crippen molar-refractivity contribution in [1.29, 1.82) is 0 Å². The number of thiophene rings is 1. The van der Waals surface area contributed by atoms with Gasteiger partial charge in [0, 0.05) is 54.1 Å². The molecule has 3 N–H and O–H groups in total. The van der Waals surface area contributed by atoms with Crippen LogP contribution >= 0.6 is 11.3 Å². The molecule has 1 aromatic carbocycles. The van der Waals surface area contributed by atoms with E-state index in [1.54, 1.807) is 48.1 Å². The summed E-state index contributed by atoms with van der Waals surface area (Å²) in [5.74, 6) is -0.575. The first-order valence-electron chi connectivity index (χ1n) is 8.99. The first kappa shape index (κ1) is 20.2. The van der Waals surface area contributed by atoms with Crippen molar-refractivity contribution in [1.82, 2.24) is 15.6 Å². The van der Waals surface area contributed by atoms with E-state index in [0.717, 1.165) is 5.56 Å². The third kappa shape index (κ3) is 6.25. The Hall–Kier alpha value is -3.52. The van der Waals surface area contributed by atoms with Gasteiger partial charge in [0.1, 0.15) is 0 Å². The van der Waals surface area contributed by atoms with Gasteiger partial charge in [0.2, 0.25) is 5.91 Å². The van der Waals surface area contributed by atoms with Crippen LogP contribution < -0.4 is 16.0 Å². The molecule has 0 saturated carbocycles. The third-order valence-corrected chi connectivity index (χ3v) is 4.72. The molecule has 29 heavy (non-hydrogen) atoms. The number of pyridine rings is 1. The normalized spacial score (nSPS) is 10.2. The first-order valence-corrected chi connectivity index (χ1v) is 9.93. The van der Waals surface area contributed by atoms with Crippen LogP contribution in [0.25, 0.3) is 0 Å². The lowest BCUT2D eigenvalue weighted by Gasteiger charge is -2.09. The van der Waals surface area contributed by atoms with Crippen LogP contribution in [0.4, 0.5) is 5.69 Å². The Morgan fingerprint density at radius 2 is 1.76 bits per heavy atom. The van der Waals surface area contributed by atoms with Gasteiger partial charge in [-0.15, -0.1) is 0 Å². The number of rotatable bonds is 8. The van der Waals surface area contributed by atoms with Gasteiger partial charge in [-0.3, -0.25) is 19.4 Å². The van der Waals surface area contributed by atoms with Crippen LogP contribution in [0.3, 0.4) is 0 Å². The summed E-state index contributed by atoms with van der Waals surface area (Å²) < 4.78 is 0. The molecule has 0 aliphatic rings. The number of aromatic nitrogens is 1. The quantitative estimate of drug-likeness (QED) is 0.534. The maximum absolute atomic E-state index is 12.2. The highest BCUT2D eigenvalue weighted by Gasteiger charge is 2.08. The summed E-state index contributed by atoms with van der Waals surface area (Å²) in [4.78, 5) is 39.9. The smallest absolute Gasteiger partial charge is 0.255 e. The second-order valence-electron chi connectivity index (χ2n) is 6.19. The number of anilines is 1. The van der Waals surface area contributed by atoms with Gasteiger partial charge in [0.15, 0.2) is 0 Å². The highest BCUT2D eigenvalue weighted by Crippen LogP contribution is 2.12. The zero-order chi connectivity index (χ0) is 20.5. The average Bonchev–Trinajstić information content (AvgIpc) is 3.28. The summed E-state index contributed by atoms with van der Waals surface area (Å²) >= 11 is 1.45. The van der Waals surface area contributed by atoms with Gasteiger partial charge in [-0.05, 0) is 41.3 Å². The lowest BCUT2D eigenvalue weighted by atomic mass is 10.2. The number of carbonyl (C=O) groups excluding carboxylic acids is 3. The van der Waals surface area contributed by atoms with Crippen LogP contribution in [0.2, 0.25) is 0 Å². The molecule has 0 aliphatic heterocycles. The molecule has 3 rings (SSSR count). The van der Waals surface area contributed by atoms with E-state index in [9.17, 15) is 14.4 Å². The summed E-state index contributed by atoms with van der Waals surface area (Å²) in [6.07, 6.45) is 3.31. The summed E-state index contributed by atoms with van der Waals surface area (Å²) in [5, 5.41) is 11.9. The summed E-state index contributed by atoms with van der Waals surface area (Å²) in [5.41, 5.74) is 2.61. The van der Waals surface area contributed by atoms with Crippen molar-refractivity contribution in [2.75, 3.05) is 11.9 Å². The molecule has 0 unspecified atom stereocenters. The van der Waals surface area contributed by atoms with Crippen molar-refractivity contribution < 1.29 is 14.4 Å². The van der Waals surface area contributed by atoms with Gasteiger partial charge >= 0.3 is 0 Å². The number of benzene rings is 1. The Kier molecular flexibility index (Phi) is 7.07. The molecule has 0 spiro atoms. The van der Waals surface area contributed by atoms with Crippen LogP contribution in [-0.4, -0.2) is 29.3 Å². The third-order valence-electron chi connectivity index (χ3n) is 4.04. The van der Waals surface area contributed by atoms with E-state index in [2.05, 4.69) is 20.9 Å². The molecule has 0 bridgehead atoms. The summed E-state index contributed by atoms with van der Waals surface area (Å²) in [6.45, 7) is 0.596. The summed E-state index contributed by atoms with van der Waals surface area (Å²) in [6, 6.07) is 12.3. The summed E-state index contributed by atoms with van der Waals surface area (Å²) in [7, 11) is 0. The van der Waals surface area contributed by atoms with Crippen molar-refractivity contribution in [3.63, 3.8) is 0 Å². The van der Waals surface area contributed by atoms with Crippen LogP contribution in [0.1, 0.15) is 32.7 Å². The minimum Gasteiger partial charge on any atom is -0.352 e. The number of hydrogen-bond acceptors (Lipinski definition) is 5. The lowest BCUT2D eigenvalue weighted by Crippen LogP contribution is -2.30. The molecular formula is C21H20N4O3S.